The molecule has 4 aromatic rings. The molecule has 1 amide bonds. The summed E-state index contributed by atoms with van der Waals surface area (Å²) in [4.78, 5) is 24.9. The van der Waals surface area contributed by atoms with E-state index in [4.69, 9.17) is 21.3 Å². The number of ether oxygens (including phenoxy) is 1. The second-order valence-electron chi connectivity index (χ2n) is 7.14. The predicted octanol–water partition coefficient (Wildman–Crippen LogP) is 3.78. The van der Waals surface area contributed by atoms with Gasteiger partial charge in [0.05, 0.1) is 47.8 Å². The first-order valence-corrected chi connectivity index (χ1v) is 10.0. The summed E-state index contributed by atoms with van der Waals surface area (Å²) in [5, 5.41) is 8.83. The zero-order chi connectivity index (χ0) is 20.7. The van der Waals surface area contributed by atoms with Crippen LogP contribution in [0.25, 0.3) is 16.7 Å². The van der Waals surface area contributed by atoms with Gasteiger partial charge in [0.15, 0.2) is 0 Å². The highest BCUT2D eigenvalue weighted by molar-refractivity contribution is 6.31. The Kier molecular flexibility index (Phi) is 4.63. The number of benzene rings is 2. The van der Waals surface area contributed by atoms with E-state index in [9.17, 15) is 4.79 Å². The number of methoxy groups -OCH3 is 1. The number of hydrogen-bond acceptors (Lipinski definition) is 5. The summed E-state index contributed by atoms with van der Waals surface area (Å²) in [6.45, 7) is 0.641. The molecule has 1 N–H and O–H groups in total. The number of carbonyl (C=O) groups excluding carboxylic acids is 1. The molecule has 1 saturated heterocycles. The van der Waals surface area contributed by atoms with E-state index in [1.54, 1.807) is 37.7 Å². The van der Waals surface area contributed by atoms with E-state index in [1.165, 1.54) is 4.80 Å². The molecule has 3 heterocycles. The average Bonchev–Trinajstić information content (AvgIpc) is 3.52. The lowest BCUT2D eigenvalue weighted by molar-refractivity contribution is 0.0730. The minimum absolute atomic E-state index is 0.120. The van der Waals surface area contributed by atoms with Gasteiger partial charge in [-0.2, -0.15) is 15.0 Å². The minimum atomic E-state index is -0.145. The van der Waals surface area contributed by atoms with Gasteiger partial charge in [0.1, 0.15) is 11.6 Å². The third-order valence-corrected chi connectivity index (χ3v) is 5.59. The zero-order valence-electron chi connectivity index (χ0n) is 16.2. The quantitative estimate of drug-likeness (QED) is 0.540. The smallest absolute Gasteiger partial charge is 0.256 e. The van der Waals surface area contributed by atoms with Crippen molar-refractivity contribution in [1.82, 2.24) is 29.9 Å². The standard InChI is InChI=1S/C21H19ClN6O2/c1-30-14-5-6-16-17(12-14)26-20(25-16)19-3-2-10-27(19)21(29)15-11-13(22)4-7-18(15)28-23-8-9-24-28/h4-9,11-12,19H,2-3,10H2,1H3,(H,25,26)/t19-/m0/s1. The van der Waals surface area contributed by atoms with Crippen molar-refractivity contribution in [1.29, 1.82) is 0 Å². The highest BCUT2D eigenvalue weighted by atomic mass is 35.5. The molecule has 9 heteroatoms. The van der Waals surface area contributed by atoms with E-state index in [2.05, 4.69) is 15.2 Å². The first-order chi connectivity index (χ1) is 14.6. The fraction of sp³-hybridized carbons (Fsp3) is 0.238. The number of carbonyl (C=O) groups is 1. The fourth-order valence-corrected chi connectivity index (χ4v) is 4.11. The van der Waals surface area contributed by atoms with Gasteiger partial charge in [-0.15, -0.1) is 0 Å². The Morgan fingerprint density at radius 3 is 2.83 bits per heavy atom. The van der Waals surface area contributed by atoms with Crippen LogP contribution >= 0.6 is 11.6 Å². The molecule has 5 rings (SSSR count). The molecule has 1 aliphatic rings. The van der Waals surface area contributed by atoms with Crippen LogP contribution in [0, 0.1) is 0 Å². The van der Waals surface area contributed by atoms with Crippen molar-refractivity contribution >= 4 is 28.5 Å². The summed E-state index contributed by atoms with van der Waals surface area (Å²) in [7, 11) is 1.63. The first-order valence-electron chi connectivity index (χ1n) is 9.65. The van der Waals surface area contributed by atoms with Crippen LogP contribution in [0.3, 0.4) is 0 Å². The largest absolute Gasteiger partial charge is 0.497 e. The summed E-state index contributed by atoms with van der Waals surface area (Å²) < 4.78 is 5.29. The van der Waals surface area contributed by atoms with Gasteiger partial charge in [-0.25, -0.2) is 4.98 Å². The molecule has 2 aromatic carbocycles. The number of H-pyrrole nitrogens is 1. The van der Waals surface area contributed by atoms with Gasteiger partial charge >= 0.3 is 0 Å². The Hall–Kier alpha value is -3.39. The van der Waals surface area contributed by atoms with E-state index >= 15 is 0 Å². The molecule has 0 radical (unpaired) electrons. The number of nitrogens with zero attached hydrogens (tertiary/aromatic N) is 5. The molecule has 8 nitrogen and oxygen atoms in total. The summed E-state index contributed by atoms with van der Waals surface area (Å²) in [6, 6.07) is 10.7. The maximum atomic E-state index is 13.6. The zero-order valence-corrected chi connectivity index (χ0v) is 17.0. The first kappa shape index (κ1) is 18.6. The lowest BCUT2D eigenvalue weighted by atomic mass is 10.1. The van der Waals surface area contributed by atoms with Crippen molar-refractivity contribution in [3.05, 3.63) is 65.2 Å². The second kappa shape index (κ2) is 7.46. The van der Waals surface area contributed by atoms with Gasteiger partial charge in [0, 0.05) is 17.6 Å². The van der Waals surface area contributed by atoms with Crippen molar-refractivity contribution in [2.24, 2.45) is 0 Å². The highest BCUT2D eigenvalue weighted by Gasteiger charge is 2.34. The number of fused-ring (bicyclic) bond motifs is 1. The molecule has 0 unspecified atom stereocenters. The van der Waals surface area contributed by atoms with E-state index in [0.29, 0.717) is 22.8 Å². The van der Waals surface area contributed by atoms with E-state index < -0.39 is 0 Å². The van der Waals surface area contributed by atoms with Crippen molar-refractivity contribution in [3.63, 3.8) is 0 Å². The summed E-state index contributed by atoms with van der Waals surface area (Å²) in [6.07, 6.45) is 4.87. The molecular formula is C21H19ClN6O2. The summed E-state index contributed by atoms with van der Waals surface area (Å²) in [5.41, 5.74) is 2.78. The van der Waals surface area contributed by atoms with E-state index in [1.807, 2.05) is 23.1 Å². The number of halogens is 1. The highest BCUT2D eigenvalue weighted by Crippen LogP contribution is 2.34. The maximum Gasteiger partial charge on any atom is 0.256 e. The van der Waals surface area contributed by atoms with Crippen LogP contribution in [0.1, 0.15) is 35.1 Å². The molecule has 0 aliphatic carbocycles. The third kappa shape index (κ3) is 3.19. The van der Waals surface area contributed by atoms with Crippen LogP contribution in [-0.4, -0.2) is 49.4 Å². The van der Waals surface area contributed by atoms with Crippen LogP contribution in [-0.2, 0) is 0 Å². The normalized spacial score (nSPS) is 16.3. The Morgan fingerprint density at radius 1 is 1.20 bits per heavy atom. The van der Waals surface area contributed by atoms with Gasteiger partial charge in [-0.3, -0.25) is 4.79 Å². The molecule has 0 bridgehead atoms. The van der Waals surface area contributed by atoms with Crippen LogP contribution in [0.2, 0.25) is 5.02 Å². The SMILES string of the molecule is COc1ccc2nc([C@@H]3CCCN3C(=O)c3cc(Cl)ccc3-n3nccn3)[nH]c2c1. The number of rotatable bonds is 4. The Morgan fingerprint density at radius 2 is 2.03 bits per heavy atom. The average molecular weight is 423 g/mol. The molecule has 2 aromatic heterocycles. The molecule has 30 heavy (non-hydrogen) atoms. The van der Waals surface area contributed by atoms with Crippen molar-refractivity contribution in [2.75, 3.05) is 13.7 Å². The van der Waals surface area contributed by atoms with Gasteiger partial charge in [-0.1, -0.05) is 11.6 Å². The van der Waals surface area contributed by atoms with Crippen molar-refractivity contribution in [3.8, 4) is 11.4 Å². The minimum Gasteiger partial charge on any atom is -0.497 e. The summed E-state index contributed by atoms with van der Waals surface area (Å²) in [5.74, 6) is 1.41. The van der Waals surface area contributed by atoms with Crippen LogP contribution in [0.15, 0.2) is 48.8 Å². The predicted molar refractivity (Wildman–Crippen MR) is 112 cm³/mol. The number of aromatic nitrogens is 5. The second-order valence-corrected chi connectivity index (χ2v) is 7.58. The number of likely N-dealkylation sites (tertiary alicyclic amines) is 1. The van der Waals surface area contributed by atoms with Crippen LogP contribution in [0.4, 0.5) is 0 Å². The summed E-state index contributed by atoms with van der Waals surface area (Å²) >= 11 is 6.21. The van der Waals surface area contributed by atoms with Gasteiger partial charge in [0.25, 0.3) is 5.91 Å². The van der Waals surface area contributed by atoms with E-state index in [-0.39, 0.29) is 11.9 Å². The number of nitrogens with one attached hydrogen (secondary N) is 1. The molecule has 0 spiro atoms. The lowest BCUT2D eigenvalue weighted by Crippen LogP contribution is -2.32. The Bertz CT molecular complexity index is 1220. The molecular weight excluding hydrogens is 404 g/mol. The van der Waals surface area contributed by atoms with Gasteiger partial charge in [-0.05, 0) is 43.2 Å². The molecule has 0 saturated carbocycles. The number of aromatic amines is 1. The van der Waals surface area contributed by atoms with Crippen molar-refractivity contribution in [2.45, 2.75) is 18.9 Å². The molecule has 1 fully saturated rings. The number of hydrogen-bond donors (Lipinski definition) is 1. The Labute approximate surface area is 177 Å². The third-order valence-electron chi connectivity index (χ3n) is 5.36. The maximum absolute atomic E-state index is 13.6. The monoisotopic (exact) mass is 422 g/mol. The number of amides is 1. The topological polar surface area (TPSA) is 88.9 Å². The number of imidazole rings is 1. The van der Waals surface area contributed by atoms with Crippen LogP contribution in [0.5, 0.6) is 5.75 Å². The van der Waals surface area contributed by atoms with Crippen LogP contribution < -0.4 is 4.74 Å². The molecule has 1 atom stereocenters. The van der Waals surface area contributed by atoms with Gasteiger partial charge < -0.3 is 14.6 Å². The lowest BCUT2D eigenvalue weighted by Gasteiger charge is -2.24. The van der Waals surface area contributed by atoms with Crippen molar-refractivity contribution < 1.29 is 9.53 Å². The van der Waals surface area contributed by atoms with Gasteiger partial charge in [0.2, 0.25) is 0 Å². The molecule has 1 aliphatic heterocycles. The van der Waals surface area contributed by atoms with E-state index in [0.717, 1.165) is 35.4 Å². The Balaban J connectivity index is 1.51. The molecule has 152 valence electrons. The fourth-order valence-electron chi connectivity index (χ4n) is 3.94.